The number of carboxylic acid groups (broad SMARTS) is 1. The van der Waals surface area contributed by atoms with Crippen LogP contribution in [0.1, 0.15) is 41.6 Å². The first-order valence-corrected chi connectivity index (χ1v) is 9.95. The van der Waals surface area contributed by atoms with Crippen LogP contribution in [0.4, 0.5) is 0 Å². The zero-order chi connectivity index (χ0) is 18.7. The third-order valence-electron chi connectivity index (χ3n) is 4.73. The van der Waals surface area contributed by atoms with E-state index in [9.17, 15) is 18.3 Å². The molecule has 2 aromatic rings. The van der Waals surface area contributed by atoms with Crippen molar-refractivity contribution in [3.63, 3.8) is 0 Å². The Bertz CT molecular complexity index is 895. The molecule has 2 unspecified atom stereocenters. The minimum Gasteiger partial charge on any atom is -0.479 e. The third-order valence-corrected chi connectivity index (χ3v) is 6.17. The Balaban J connectivity index is 1.77. The summed E-state index contributed by atoms with van der Waals surface area (Å²) in [7, 11) is -3.56. The monoisotopic (exact) mass is 375 g/mol. The number of fused-ring (bicyclic) bond motifs is 1. The van der Waals surface area contributed by atoms with Crippen LogP contribution in [0.3, 0.4) is 0 Å². The Labute approximate surface area is 152 Å². The van der Waals surface area contributed by atoms with Crippen molar-refractivity contribution in [1.29, 1.82) is 0 Å². The Kier molecular flexibility index (Phi) is 5.41. The van der Waals surface area contributed by atoms with Crippen LogP contribution < -0.4 is 4.72 Å². The maximum atomic E-state index is 12.4. The highest BCUT2D eigenvalue weighted by atomic mass is 32.2. The van der Waals surface area contributed by atoms with E-state index in [1.807, 2.05) is 0 Å². The lowest BCUT2D eigenvalue weighted by Gasteiger charge is -2.26. The van der Waals surface area contributed by atoms with Gasteiger partial charge >= 0.3 is 5.97 Å². The number of aryl methyl sites for hydroxylation is 1. The second-order valence-corrected chi connectivity index (χ2v) is 8.22. The molecule has 0 saturated heterocycles. The SMILES string of the molecule is O=C(O)C(O)c1ccc2c(c1)CCCC2CNS(=O)(=O)c1ccccc1. The summed E-state index contributed by atoms with van der Waals surface area (Å²) in [5.74, 6) is -1.26. The first-order valence-electron chi connectivity index (χ1n) is 8.47. The van der Waals surface area contributed by atoms with Crippen LogP contribution in [0.25, 0.3) is 0 Å². The molecule has 6 nitrogen and oxygen atoms in total. The highest BCUT2D eigenvalue weighted by Crippen LogP contribution is 2.33. The molecular weight excluding hydrogens is 354 g/mol. The van der Waals surface area contributed by atoms with E-state index in [0.29, 0.717) is 5.56 Å². The third kappa shape index (κ3) is 3.95. The van der Waals surface area contributed by atoms with E-state index in [-0.39, 0.29) is 17.4 Å². The standard InChI is InChI=1S/C19H21NO5S/c21-18(19(22)23)14-9-10-17-13(11-14)5-4-6-15(17)12-20-26(24,25)16-7-2-1-3-8-16/h1-3,7-11,15,18,20-21H,4-6,12H2,(H,22,23). The number of aliphatic carboxylic acids is 1. The predicted molar refractivity (Wildman–Crippen MR) is 96.3 cm³/mol. The molecule has 0 radical (unpaired) electrons. The smallest absolute Gasteiger partial charge is 0.337 e. The minimum absolute atomic E-state index is 0.0215. The molecule has 138 valence electrons. The van der Waals surface area contributed by atoms with Crippen molar-refractivity contribution >= 4 is 16.0 Å². The Hall–Kier alpha value is -2.22. The van der Waals surface area contributed by atoms with E-state index in [1.54, 1.807) is 48.5 Å². The number of aliphatic hydroxyl groups is 1. The van der Waals surface area contributed by atoms with Gasteiger partial charge in [0.05, 0.1) is 4.90 Å². The van der Waals surface area contributed by atoms with Crippen LogP contribution in [0.2, 0.25) is 0 Å². The van der Waals surface area contributed by atoms with E-state index in [0.717, 1.165) is 30.4 Å². The van der Waals surface area contributed by atoms with Gasteiger partial charge in [-0.3, -0.25) is 0 Å². The molecule has 0 spiro atoms. The first kappa shape index (κ1) is 18.6. The molecule has 0 aliphatic heterocycles. The van der Waals surface area contributed by atoms with Crippen molar-refractivity contribution in [2.45, 2.75) is 36.2 Å². The van der Waals surface area contributed by atoms with Gasteiger partial charge in [0.15, 0.2) is 6.10 Å². The summed E-state index contributed by atoms with van der Waals surface area (Å²) < 4.78 is 27.5. The number of sulfonamides is 1. The van der Waals surface area contributed by atoms with Gasteiger partial charge in [-0.1, -0.05) is 36.4 Å². The van der Waals surface area contributed by atoms with Gasteiger partial charge in [-0.25, -0.2) is 17.9 Å². The molecule has 7 heteroatoms. The summed E-state index contributed by atoms with van der Waals surface area (Å²) in [6, 6.07) is 13.3. The molecule has 1 aliphatic rings. The van der Waals surface area contributed by atoms with Gasteiger partial charge in [-0.2, -0.15) is 0 Å². The molecule has 2 atom stereocenters. The fraction of sp³-hybridized carbons (Fsp3) is 0.316. The summed E-state index contributed by atoms with van der Waals surface area (Å²) in [5, 5.41) is 18.7. The number of nitrogens with one attached hydrogen (secondary N) is 1. The van der Waals surface area contributed by atoms with E-state index < -0.39 is 22.1 Å². The van der Waals surface area contributed by atoms with Crippen molar-refractivity contribution in [1.82, 2.24) is 4.72 Å². The molecule has 0 heterocycles. The fourth-order valence-electron chi connectivity index (χ4n) is 3.35. The van der Waals surface area contributed by atoms with Crippen LogP contribution in [-0.4, -0.2) is 31.1 Å². The molecular formula is C19H21NO5S. The lowest BCUT2D eigenvalue weighted by molar-refractivity contribution is -0.146. The second kappa shape index (κ2) is 7.57. The number of hydrogen-bond acceptors (Lipinski definition) is 4. The number of hydrogen-bond donors (Lipinski definition) is 3. The molecule has 1 aliphatic carbocycles. The van der Waals surface area contributed by atoms with E-state index in [2.05, 4.69) is 4.72 Å². The quantitative estimate of drug-likeness (QED) is 0.718. The minimum atomic E-state index is -3.56. The Morgan fingerprint density at radius 1 is 1.19 bits per heavy atom. The van der Waals surface area contributed by atoms with Crippen molar-refractivity contribution in [2.24, 2.45) is 0 Å². The maximum Gasteiger partial charge on any atom is 0.337 e. The van der Waals surface area contributed by atoms with Gasteiger partial charge in [0.2, 0.25) is 10.0 Å². The van der Waals surface area contributed by atoms with Gasteiger partial charge in [-0.15, -0.1) is 0 Å². The molecule has 0 bridgehead atoms. The Morgan fingerprint density at radius 2 is 1.92 bits per heavy atom. The zero-order valence-corrected chi connectivity index (χ0v) is 14.9. The molecule has 3 rings (SSSR count). The molecule has 2 aromatic carbocycles. The van der Waals surface area contributed by atoms with Gasteiger partial charge < -0.3 is 10.2 Å². The highest BCUT2D eigenvalue weighted by molar-refractivity contribution is 7.89. The summed E-state index contributed by atoms with van der Waals surface area (Å²) in [6.07, 6.45) is 0.984. The number of carboxylic acids is 1. The molecule has 3 N–H and O–H groups in total. The van der Waals surface area contributed by atoms with Crippen molar-refractivity contribution < 1.29 is 23.4 Å². The lowest BCUT2D eigenvalue weighted by Crippen LogP contribution is -2.30. The van der Waals surface area contributed by atoms with Crippen LogP contribution in [-0.2, 0) is 21.2 Å². The van der Waals surface area contributed by atoms with E-state index in [1.165, 1.54) is 0 Å². The number of rotatable bonds is 6. The summed E-state index contributed by atoms with van der Waals surface area (Å²) >= 11 is 0. The predicted octanol–water partition coefficient (Wildman–Crippen LogP) is 2.20. The van der Waals surface area contributed by atoms with Crippen LogP contribution in [0.5, 0.6) is 0 Å². The highest BCUT2D eigenvalue weighted by Gasteiger charge is 2.25. The molecule has 0 saturated carbocycles. The molecule has 0 fully saturated rings. The second-order valence-electron chi connectivity index (χ2n) is 6.45. The van der Waals surface area contributed by atoms with Crippen molar-refractivity contribution in [3.8, 4) is 0 Å². The van der Waals surface area contributed by atoms with Crippen LogP contribution in [0, 0.1) is 0 Å². The maximum absolute atomic E-state index is 12.4. The molecule has 26 heavy (non-hydrogen) atoms. The normalized spacial score (nSPS) is 18.1. The lowest BCUT2D eigenvalue weighted by atomic mass is 9.82. The topological polar surface area (TPSA) is 104 Å². The van der Waals surface area contributed by atoms with Gasteiger partial charge in [0.25, 0.3) is 0 Å². The molecule has 0 amide bonds. The van der Waals surface area contributed by atoms with Crippen molar-refractivity contribution in [3.05, 3.63) is 65.2 Å². The average Bonchev–Trinajstić information content (AvgIpc) is 2.66. The van der Waals surface area contributed by atoms with Gasteiger partial charge in [0, 0.05) is 6.54 Å². The zero-order valence-electron chi connectivity index (χ0n) is 14.1. The fourth-order valence-corrected chi connectivity index (χ4v) is 4.46. The summed E-state index contributed by atoms with van der Waals surface area (Å²) in [6.45, 7) is 0.283. The van der Waals surface area contributed by atoms with Crippen molar-refractivity contribution in [2.75, 3.05) is 6.54 Å². The number of aliphatic hydroxyl groups excluding tert-OH is 1. The molecule has 0 aromatic heterocycles. The van der Waals surface area contributed by atoms with E-state index in [4.69, 9.17) is 5.11 Å². The number of carbonyl (C=O) groups is 1. The van der Waals surface area contributed by atoms with Crippen LogP contribution >= 0.6 is 0 Å². The summed E-state index contributed by atoms with van der Waals surface area (Å²) in [5.41, 5.74) is 2.33. The van der Waals surface area contributed by atoms with E-state index >= 15 is 0 Å². The Morgan fingerprint density at radius 3 is 2.62 bits per heavy atom. The summed E-state index contributed by atoms with van der Waals surface area (Å²) in [4.78, 5) is 11.2. The first-order chi connectivity index (χ1) is 12.4. The number of benzene rings is 2. The van der Waals surface area contributed by atoms with Crippen LogP contribution in [0.15, 0.2) is 53.4 Å². The van der Waals surface area contributed by atoms with Gasteiger partial charge in [0.1, 0.15) is 0 Å². The van der Waals surface area contributed by atoms with Gasteiger partial charge in [-0.05, 0) is 54.0 Å². The largest absolute Gasteiger partial charge is 0.479 e. The average molecular weight is 375 g/mol.